The molecule has 0 bridgehead atoms. The number of halogens is 1. The highest BCUT2D eigenvalue weighted by Crippen LogP contribution is 2.11. The molecule has 0 atom stereocenters. The molecule has 2 aromatic rings. The number of carbonyl (C=O) groups excluding carboxylic acids is 1. The van der Waals surface area contributed by atoms with Crippen molar-refractivity contribution in [2.75, 3.05) is 0 Å². The van der Waals surface area contributed by atoms with Crippen LogP contribution in [0.3, 0.4) is 0 Å². The first-order valence-electron chi connectivity index (χ1n) is 4.77. The van der Waals surface area contributed by atoms with Crippen LogP contribution in [0.25, 0.3) is 6.08 Å². The van der Waals surface area contributed by atoms with E-state index in [2.05, 4.69) is 0 Å². The lowest BCUT2D eigenvalue weighted by Crippen LogP contribution is -1.88. The first kappa shape index (κ1) is 10.8. The van der Waals surface area contributed by atoms with Gasteiger partial charge in [0, 0.05) is 0 Å². The minimum atomic E-state index is -0.300. The van der Waals surface area contributed by atoms with Gasteiger partial charge in [-0.3, -0.25) is 4.79 Å². The lowest BCUT2D eigenvalue weighted by Gasteiger charge is -1.92. The number of thiophene rings is 1. The van der Waals surface area contributed by atoms with Crippen LogP contribution < -0.4 is 0 Å². The number of carbonyl (C=O) groups is 1. The van der Waals surface area contributed by atoms with Gasteiger partial charge in [-0.25, -0.2) is 4.39 Å². The van der Waals surface area contributed by atoms with Gasteiger partial charge in [-0.15, -0.1) is 11.3 Å². The molecule has 0 radical (unpaired) electrons. The Kier molecular flexibility index (Phi) is 3.27. The lowest BCUT2D eigenvalue weighted by molar-refractivity contribution is 0.105. The average Bonchev–Trinajstić information content (AvgIpc) is 2.79. The van der Waals surface area contributed by atoms with Crippen LogP contribution in [0.1, 0.15) is 15.2 Å². The fraction of sp³-hybridized carbons (Fsp3) is 0. The second kappa shape index (κ2) is 4.86. The third kappa shape index (κ3) is 2.64. The van der Waals surface area contributed by atoms with Crippen LogP contribution in [0.15, 0.2) is 47.9 Å². The molecule has 16 heavy (non-hydrogen) atoms. The summed E-state index contributed by atoms with van der Waals surface area (Å²) in [4.78, 5) is 12.3. The van der Waals surface area contributed by atoms with Gasteiger partial charge in [-0.2, -0.15) is 0 Å². The molecule has 80 valence electrons. The Morgan fingerprint density at radius 2 is 2.12 bits per heavy atom. The van der Waals surface area contributed by atoms with E-state index in [1.54, 1.807) is 24.3 Å². The Balaban J connectivity index is 2.13. The van der Waals surface area contributed by atoms with E-state index in [0.29, 0.717) is 10.4 Å². The van der Waals surface area contributed by atoms with E-state index in [9.17, 15) is 9.18 Å². The fourth-order valence-corrected chi connectivity index (χ4v) is 1.93. The van der Waals surface area contributed by atoms with E-state index in [1.165, 1.54) is 29.5 Å². The molecule has 0 aliphatic carbocycles. The van der Waals surface area contributed by atoms with Crippen LogP contribution >= 0.6 is 11.3 Å². The van der Waals surface area contributed by atoms with Gasteiger partial charge >= 0.3 is 0 Å². The zero-order valence-electron chi connectivity index (χ0n) is 8.39. The fourth-order valence-electron chi connectivity index (χ4n) is 1.28. The highest BCUT2D eigenvalue weighted by atomic mass is 32.1. The molecule has 1 nitrogen and oxygen atoms in total. The Hall–Kier alpha value is -1.74. The predicted molar refractivity (Wildman–Crippen MR) is 64.1 cm³/mol. The van der Waals surface area contributed by atoms with Crippen LogP contribution in [-0.2, 0) is 0 Å². The van der Waals surface area contributed by atoms with Crippen molar-refractivity contribution in [1.29, 1.82) is 0 Å². The van der Waals surface area contributed by atoms with E-state index < -0.39 is 0 Å². The first-order valence-corrected chi connectivity index (χ1v) is 5.65. The molecule has 0 amide bonds. The zero-order chi connectivity index (χ0) is 11.4. The number of hydrogen-bond donors (Lipinski definition) is 0. The molecule has 0 saturated heterocycles. The number of allylic oxidation sites excluding steroid dienone is 1. The molecular weight excluding hydrogens is 223 g/mol. The minimum absolute atomic E-state index is 0.0562. The van der Waals surface area contributed by atoms with Crippen molar-refractivity contribution in [2.45, 2.75) is 0 Å². The molecule has 0 aliphatic heterocycles. The zero-order valence-corrected chi connectivity index (χ0v) is 9.21. The molecular formula is C13H9FOS. The molecule has 1 aromatic heterocycles. The van der Waals surface area contributed by atoms with Crippen molar-refractivity contribution in [3.05, 3.63) is 64.1 Å². The summed E-state index contributed by atoms with van der Waals surface area (Å²) in [6.45, 7) is 0. The van der Waals surface area contributed by atoms with E-state index in [0.717, 1.165) is 0 Å². The SMILES string of the molecule is O=C(/C=C/c1cccc(F)c1)c1cccs1. The van der Waals surface area contributed by atoms with Crippen molar-refractivity contribution >= 4 is 23.2 Å². The molecule has 0 spiro atoms. The number of hydrogen-bond acceptors (Lipinski definition) is 2. The molecule has 1 heterocycles. The van der Waals surface area contributed by atoms with Crippen molar-refractivity contribution in [3.8, 4) is 0 Å². The van der Waals surface area contributed by atoms with E-state index in [1.807, 2.05) is 11.4 Å². The third-order valence-corrected chi connectivity index (χ3v) is 2.92. The van der Waals surface area contributed by atoms with Gasteiger partial charge < -0.3 is 0 Å². The summed E-state index contributed by atoms with van der Waals surface area (Å²) in [5, 5.41) is 1.85. The minimum Gasteiger partial charge on any atom is -0.288 e. The van der Waals surface area contributed by atoms with Crippen LogP contribution in [0, 0.1) is 5.82 Å². The number of rotatable bonds is 3. The summed E-state index contributed by atoms with van der Waals surface area (Å²) < 4.78 is 12.8. The predicted octanol–water partition coefficient (Wildman–Crippen LogP) is 3.78. The molecule has 0 fully saturated rings. The second-order valence-corrected chi connectivity index (χ2v) is 4.18. The van der Waals surface area contributed by atoms with Gasteiger partial charge in [-0.05, 0) is 35.2 Å². The van der Waals surface area contributed by atoms with Gasteiger partial charge in [0.25, 0.3) is 0 Å². The highest BCUT2D eigenvalue weighted by molar-refractivity contribution is 7.12. The summed E-state index contributed by atoms with van der Waals surface area (Å²) in [6, 6.07) is 9.72. The van der Waals surface area contributed by atoms with Crippen molar-refractivity contribution in [3.63, 3.8) is 0 Å². The van der Waals surface area contributed by atoms with Crippen molar-refractivity contribution < 1.29 is 9.18 Å². The normalized spacial score (nSPS) is 10.8. The Bertz CT molecular complexity index is 514. The lowest BCUT2D eigenvalue weighted by atomic mass is 10.2. The summed E-state index contributed by atoms with van der Waals surface area (Å²) in [5.41, 5.74) is 0.685. The van der Waals surface area contributed by atoms with Gasteiger partial charge in [0.2, 0.25) is 0 Å². The van der Waals surface area contributed by atoms with Crippen LogP contribution in [0.5, 0.6) is 0 Å². The topological polar surface area (TPSA) is 17.1 Å². The first-order chi connectivity index (χ1) is 7.75. The van der Waals surface area contributed by atoms with Gasteiger partial charge in [0.15, 0.2) is 5.78 Å². The molecule has 0 unspecified atom stereocenters. The van der Waals surface area contributed by atoms with E-state index in [-0.39, 0.29) is 11.6 Å². The Morgan fingerprint density at radius 1 is 1.25 bits per heavy atom. The average molecular weight is 232 g/mol. The second-order valence-electron chi connectivity index (χ2n) is 3.23. The summed E-state index contributed by atoms with van der Waals surface area (Å²) >= 11 is 1.39. The smallest absolute Gasteiger partial charge is 0.195 e. The quantitative estimate of drug-likeness (QED) is 0.581. The summed E-state index contributed by atoms with van der Waals surface area (Å²) in [7, 11) is 0. The summed E-state index contributed by atoms with van der Waals surface area (Å²) in [6.07, 6.45) is 3.08. The number of ketones is 1. The molecule has 0 saturated carbocycles. The molecule has 0 aliphatic rings. The standard InChI is InChI=1S/C13H9FOS/c14-11-4-1-3-10(9-11)6-7-12(15)13-5-2-8-16-13/h1-9H/b7-6+. The van der Waals surface area contributed by atoms with Crippen molar-refractivity contribution in [2.24, 2.45) is 0 Å². The monoisotopic (exact) mass is 232 g/mol. The Labute approximate surface area is 96.9 Å². The maximum absolute atomic E-state index is 12.8. The third-order valence-electron chi connectivity index (χ3n) is 2.04. The van der Waals surface area contributed by atoms with Gasteiger partial charge in [-0.1, -0.05) is 24.3 Å². The van der Waals surface area contributed by atoms with E-state index >= 15 is 0 Å². The molecule has 0 N–H and O–H groups in total. The van der Waals surface area contributed by atoms with Gasteiger partial charge in [0.05, 0.1) is 4.88 Å². The number of benzene rings is 1. The maximum Gasteiger partial charge on any atom is 0.195 e. The highest BCUT2D eigenvalue weighted by Gasteiger charge is 2.01. The summed E-state index contributed by atoms with van der Waals surface area (Å²) in [5.74, 6) is -0.356. The molecule has 2 rings (SSSR count). The van der Waals surface area contributed by atoms with Crippen LogP contribution in [-0.4, -0.2) is 5.78 Å². The van der Waals surface area contributed by atoms with Crippen LogP contribution in [0.2, 0.25) is 0 Å². The molecule has 1 aromatic carbocycles. The van der Waals surface area contributed by atoms with Crippen LogP contribution in [0.4, 0.5) is 4.39 Å². The Morgan fingerprint density at radius 3 is 2.81 bits per heavy atom. The largest absolute Gasteiger partial charge is 0.288 e. The molecule has 3 heteroatoms. The van der Waals surface area contributed by atoms with Crippen molar-refractivity contribution in [1.82, 2.24) is 0 Å². The maximum atomic E-state index is 12.8. The van der Waals surface area contributed by atoms with E-state index in [4.69, 9.17) is 0 Å². The van der Waals surface area contributed by atoms with Gasteiger partial charge in [0.1, 0.15) is 5.82 Å².